The zero-order valence-electron chi connectivity index (χ0n) is 12.3. The van der Waals surface area contributed by atoms with Crippen LogP contribution in [0.2, 0.25) is 0 Å². The van der Waals surface area contributed by atoms with E-state index in [1.807, 2.05) is 37.3 Å². The maximum absolute atomic E-state index is 12.1. The predicted octanol–water partition coefficient (Wildman–Crippen LogP) is 4.02. The summed E-state index contributed by atoms with van der Waals surface area (Å²) in [6.07, 6.45) is 0.411. The third-order valence-corrected chi connectivity index (χ3v) is 3.41. The molecule has 0 aliphatic carbocycles. The largest absolute Gasteiger partial charge is 0.326 e. The summed E-state index contributed by atoms with van der Waals surface area (Å²) in [6, 6.07) is 17.0. The van der Waals surface area contributed by atoms with Gasteiger partial charge in [-0.15, -0.1) is 0 Å². The number of hydrogen-bond donors (Lipinski definition) is 1. The van der Waals surface area contributed by atoms with E-state index in [0.717, 1.165) is 5.56 Å². The van der Waals surface area contributed by atoms with Gasteiger partial charge in [0.1, 0.15) is 0 Å². The molecule has 1 atom stereocenters. The van der Waals surface area contributed by atoms with E-state index in [-0.39, 0.29) is 17.6 Å². The van der Waals surface area contributed by atoms with Gasteiger partial charge in [-0.1, -0.05) is 49.4 Å². The molecule has 0 fully saturated rings. The van der Waals surface area contributed by atoms with Crippen LogP contribution in [0.15, 0.2) is 54.6 Å². The molecule has 108 valence electrons. The van der Waals surface area contributed by atoms with Crippen LogP contribution >= 0.6 is 0 Å². The van der Waals surface area contributed by atoms with Crippen molar-refractivity contribution in [1.29, 1.82) is 0 Å². The summed E-state index contributed by atoms with van der Waals surface area (Å²) in [5.41, 5.74) is 2.40. The molecule has 2 rings (SSSR count). The molecular weight excluding hydrogens is 262 g/mol. The van der Waals surface area contributed by atoms with Crippen LogP contribution in [-0.2, 0) is 4.79 Å². The molecule has 1 N–H and O–H groups in total. The van der Waals surface area contributed by atoms with Crippen LogP contribution < -0.4 is 5.32 Å². The van der Waals surface area contributed by atoms with Crippen LogP contribution in [0.1, 0.15) is 42.1 Å². The van der Waals surface area contributed by atoms with Crippen molar-refractivity contribution in [2.75, 3.05) is 5.32 Å². The standard InChI is InChI=1S/C18H19NO2/c1-13(15-7-4-3-5-8-15)11-18(21)19-17-10-6-9-16(12-17)14(2)20/h3-10,12-13H,11H2,1-2H3,(H,19,21)/t13-/m0/s1. The third-order valence-electron chi connectivity index (χ3n) is 3.41. The summed E-state index contributed by atoms with van der Waals surface area (Å²) in [5, 5.41) is 2.85. The molecule has 0 aromatic heterocycles. The van der Waals surface area contributed by atoms with E-state index < -0.39 is 0 Å². The molecule has 21 heavy (non-hydrogen) atoms. The van der Waals surface area contributed by atoms with E-state index in [1.54, 1.807) is 24.3 Å². The summed E-state index contributed by atoms with van der Waals surface area (Å²) in [4.78, 5) is 23.4. The second-order valence-electron chi connectivity index (χ2n) is 5.20. The first-order chi connectivity index (χ1) is 10.1. The minimum absolute atomic E-state index is 0.0104. The highest BCUT2D eigenvalue weighted by Crippen LogP contribution is 2.19. The lowest BCUT2D eigenvalue weighted by Crippen LogP contribution is -2.14. The quantitative estimate of drug-likeness (QED) is 0.841. The van der Waals surface area contributed by atoms with Crippen LogP contribution in [0.25, 0.3) is 0 Å². The smallest absolute Gasteiger partial charge is 0.224 e. The Morgan fingerprint density at radius 2 is 1.76 bits per heavy atom. The summed E-state index contributed by atoms with van der Waals surface area (Å²) in [6.45, 7) is 3.54. The molecule has 2 aromatic carbocycles. The van der Waals surface area contributed by atoms with Gasteiger partial charge in [-0.05, 0) is 30.5 Å². The van der Waals surface area contributed by atoms with Crippen molar-refractivity contribution in [2.24, 2.45) is 0 Å². The van der Waals surface area contributed by atoms with Crippen molar-refractivity contribution >= 4 is 17.4 Å². The number of benzene rings is 2. The molecule has 2 aromatic rings. The molecule has 0 aliphatic heterocycles. The van der Waals surface area contributed by atoms with Gasteiger partial charge in [-0.2, -0.15) is 0 Å². The zero-order chi connectivity index (χ0) is 15.2. The minimum atomic E-state index is -0.0490. The monoisotopic (exact) mass is 281 g/mol. The zero-order valence-corrected chi connectivity index (χ0v) is 12.3. The fraction of sp³-hybridized carbons (Fsp3) is 0.222. The van der Waals surface area contributed by atoms with Crippen molar-refractivity contribution < 1.29 is 9.59 Å². The topological polar surface area (TPSA) is 46.2 Å². The van der Waals surface area contributed by atoms with E-state index in [0.29, 0.717) is 17.7 Å². The highest BCUT2D eigenvalue weighted by Gasteiger charge is 2.11. The van der Waals surface area contributed by atoms with Gasteiger partial charge in [0.15, 0.2) is 5.78 Å². The average molecular weight is 281 g/mol. The highest BCUT2D eigenvalue weighted by atomic mass is 16.1. The van der Waals surface area contributed by atoms with Gasteiger partial charge in [-0.3, -0.25) is 9.59 Å². The number of nitrogens with one attached hydrogen (secondary N) is 1. The Kier molecular flexibility index (Phi) is 4.88. The van der Waals surface area contributed by atoms with Gasteiger partial charge in [0.25, 0.3) is 0 Å². The number of rotatable bonds is 5. The number of Topliss-reactive ketones (excluding diaryl/α,β-unsaturated/α-hetero) is 1. The molecular formula is C18H19NO2. The Morgan fingerprint density at radius 1 is 1.05 bits per heavy atom. The Morgan fingerprint density at radius 3 is 2.43 bits per heavy atom. The van der Waals surface area contributed by atoms with Crippen molar-refractivity contribution in [3.8, 4) is 0 Å². The van der Waals surface area contributed by atoms with Crippen molar-refractivity contribution in [3.63, 3.8) is 0 Å². The molecule has 0 radical (unpaired) electrons. The maximum atomic E-state index is 12.1. The van der Waals surface area contributed by atoms with E-state index in [2.05, 4.69) is 5.32 Å². The van der Waals surface area contributed by atoms with Crippen LogP contribution in [0.5, 0.6) is 0 Å². The molecule has 0 bridgehead atoms. The van der Waals surface area contributed by atoms with E-state index in [1.165, 1.54) is 6.92 Å². The van der Waals surface area contributed by atoms with Gasteiger partial charge >= 0.3 is 0 Å². The lowest BCUT2D eigenvalue weighted by Gasteiger charge is -2.12. The second-order valence-corrected chi connectivity index (χ2v) is 5.20. The van der Waals surface area contributed by atoms with Crippen LogP contribution in [-0.4, -0.2) is 11.7 Å². The van der Waals surface area contributed by atoms with Crippen LogP contribution in [0.4, 0.5) is 5.69 Å². The number of amides is 1. The maximum Gasteiger partial charge on any atom is 0.224 e. The summed E-state index contributed by atoms with van der Waals surface area (Å²) in [5.74, 6) is 0.0954. The third kappa shape index (κ3) is 4.28. The first-order valence-corrected chi connectivity index (χ1v) is 7.02. The molecule has 0 saturated carbocycles. The van der Waals surface area contributed by atoms with E-state index in [4.69, 9.17) is 0 Å². The Hall–Kier alpha value is -2.42. The summed E-state index contributed by atoms with van der Waals surface area (Å²) in [7, 11) is 0. The molecule has 0 unspecified atom stereocenters. The predicted molar refractivity (Wildman–Crippen MR) is 84.6 cm³/mol. The van der Waals surface area contributed by atoms with Gasteiger partial charge in [0.2, 0.25) is 5.91 Å². The molecule has 3 heteroatoms. The molecule has 0 heterocycles. The van der Waals surface area contributed by atoms with Crippen molar-refractivity contribution in [2.45, 2.75) is 26.2 Å². The summed E-state index contributed by atoms with van der Waals surface area (Å²) < 4.78 is 0. The van der Waals surface area contributed by atoms with E-state index in [9.17, 15) is 9.59 Å². The fourth-order valence-corrected chi connectivity index (χ4v) is 2.21. The SMILES string of the molecule is CC(=O)c1cccc(NC(=O)C[C@H](C)c2ccccc2)c1. The molecule has 3 nitrogen and oxygen atoms in total. The normalized spacial score (nSPS) is 11.7. The number of carbonyl (C=O) groups is 2. The number of ketones is 1. The average Bonchev–Trinajstić information content (AvgIpc) is 2.48. The second kappa shape index (κ2) is 6.84. The van der Waals surface area contributed by atoms with E-state index >= 15 is 0 Å². The fourth-order valence-electron chi connectivity index (χ4n) is 2.21. The van der Waals surface area contributed by atoms with Crippen LogP contribution in [0, 0.1) is 0 Å². The van der Waals surface area contributed by atoms with Gasteiger partial charge in [-0.25, -0.2) is 0 Å². The Bertz CT molecular complexity index is 635. The molecule has 0 spiro atoms. The van der Waals surface area contributed by atoms with Crippen molar-refractivity contribution in [3.05, 3.63) is 65.7 Å². The Labute approximate surface area is 125 Å². The molecule has 1 amide bonds. The first-order valence-electron chi connectivity index (χ1n) is 7.02. The number of carbonyl (C=O) groups excluding carboxylic acids is 2. The highest BCUT2D eigenvalue weighted by molar-refractivity contribution is 5.97. The lowest BCUT2D eigenvalue weighted by atomic mass is 9.97. The van der Waals surface area contributed by atoms with Crippen molar-refractivity contribution in [1.82, 2.24) is 0 Å². The van der Waals surface area contributed by atoms with Gasteiger partial charge < -0.3 is 5.32 Å². The first kappa shape index (κ1) is 15.0. The Balaban J connectivity index is 1.99. The minimum Gasteiger partial charge on any atom is -0.326 e. The van der Waals surface area contributed by atoms with Gasteiger partial charge in [0, 0.05) is 17.7 Å². The summed E-state index contributed by atoms with van der Waals surface area (Å²) >= 11 is 0. The van der Waals surface area contributed by atoms with Gasteiger partial charge in [0.05, 0.1) is 0 Å². The number of hydrogen-bond acceptors (Lipinski definition) is 2. The molecule has 0 saturated heterocycles. The van der Waals surface area contributed by atoms with Crippen LogP contribution in [0.3, 0.4) is 0 Å². The lowest BCUT2D eigenvalue weighted by molar-refractivity contribution is -0.116. The molecule has 0 aliphatic rings. The number of anilines is 1.